The van der Waals surface area contributed by atoms with Crippen molar-refractivity contribution < 1.29 is 17.3 Å². The van der Waals surface area contributed by atoms with Gasteiger partial charge in [0.05, 0.1) is 0 Å². The molecule has 8 heteroatoms. The Bertz CT molecular complexity index is 112. The van der Waals surface area contributed by atoms with Gasteiger partial charge in [-0.15, -0.1) is 0 Å². The molecule has 0 aliphatic carbocycles. The molecule has 0 aromatic heterocycles. The Morgan fingerprint density at radius 2 is 1.44 bits per heavy atom. The Morgan fingerprint density at radius 1 is 1.11 bits per heavy atom. The lowest BCUT2D eigenvalue weighted by Crippen LogP contribution is -1.67. The molecule has 0 radical (unpaired) electrons. The maximum atomic E-state index is 10.3. The van der Waals surface area contributed by atoms with Crippen molar-refractivity contribution in [3.05, 3.63) is 0 Å². The maximum Gasteiger partial charge on any atom is 0.582 e. The average molecular weight is 211 g/mol. The minimum atomic E-state index is -2.10. The van der Waals surface area contributed by atoms with Gasteiger partial charge in [0.1, 0.15) is 23.7 Å². The molecule has 0 bridgehead atoms. The molecule has 0 fully saturated rings. The average Bonchev–Trinajstić information content (AvgIpc) is 1.87. The minimum absolute atomic E-state index is 0.280. The molecule has 0 aliphatic rings. The number of hydrogen-bond donors (Lipinski definition) is 0. The van der Waals surface area contributed by atoms with Crippen LogP contribution in [0.3, 0.4) is 0 Å². The molecule has 2 atom stereocenters. The Balaban J connectivity index is 3.47. The van der Waals surface area contributed by atoms with E-state index in [2.05, 4.69) is 31.9 Å². The zero-order chi connectivity index (χ0) is 7.28. The van der Waals surface area contributed by atoms with Crippen LogP contribution in [0.2, 0.25) is 0 Å². The SMILES string of the molecule is O=[P+](C[P+](=O)OCl)OCl. The third kappa shape index (κ3) is 5.16. The molecule has 2 unspecified atom stereocenters. The molecule has 4 nitrogen and oxygen atoms in total. The second kappa shape index (κ2) is 5.48. The van der Waals surface area contributed by atoms with Gasteiger partial charge in [-0.25, -0.2) is 0 Å². The number of rotatable bonds is 4. The Morgan fingerprint density at radius 3 is 1.67 bits per heavy atom. The second-order valence-electron chi connectivity index (χ2n) is 0.945. The molecule has 0 amide bonds. The first-order chi connectivity index (χ1) is 4.20. The molecule has 0 N–H and O–H groups in total. The van der Waals surface area contributed by atoms with E-state index in [1.54, 1.807) is 0 Å². The largest absolute Gasteiger partial charge is 0.582 e. The van der Waals surface area contributed by atoms with Crippen LogP contribution >= 0.6 is 39.8 Å². The van der Waals surface area contributed by atoms with E-state index in [4.69, 9.17) is 0 Å². The zero-order valence-electron chi connectivity index (χ0n) is 3.99. The quantitative estimate of drug-likeness (QED) is 0.670. The van der Waals surface area contributed by atoms with Crippen LogP contribution in [0, 0.1) is 0 Å². The molecule has 52 valence electrons. The van der Waals surface area contributed by atoms with E-state index in [0.717, 1.165) is 0 Å². The van der Waals surface area contributed by atoms with E-state index in [1.807, 2.05) is 0 Å². The van der Waals surface area contributed by atoms with Crippen molar-refractivity contribution in [3.63, 3.8) is 0 Å². The van der Waals surface area contributed by atoms with Gasteiger partial charge in [-0.2, -0.15) is 0 Å². The highest BCUT2D eigenvalue weighted by atomic mass is 35.5. The second-order valence-corrected chi connectivity index (χ2v) is 4.51. The van der Waals surface area contributed by atoms with E-state index >= 15 is 0 Å². The van der Waals surface area contributed by atoms with Gasteiger partial charge in [0, 0.05) is 0 Å². The van der Waals surface area contributed by atoms with Crippen molar-refractivity contribution in [2.75, 3.05) is 5.90 Å². The van der Waals surface area contributed by atoms with Crippen LogP contribution in [-0.2, 0) is 17.3 Å². The lowest BCUT2D eigenvalue weighted by atomic mass is 11.9. The summed E-state index contributed by atoms with van der Waals surface area (Å²) in [5.41, 5.74) is 0. The highest BCUT2D eigenvalue weighted by molar-refractivity contribution is 7.58. The molecule has 0 aliphatic heterocycles. The summed E-state index contributed by atoms with van der Waals surface area (Å²) < 4.78 is 28.1. The predicted octanol–water partition coefficient (Wildman–Crippen LogP) is 2.77. The van der Waals surface area contributed by atoms with Crippen molar-refractivity contribution in [1.29, 1.82) is 0 Å². The minimum Gasteiger partial charge on any atom is -0.0276 e. The molecular formula is CH2Cl2O4P2+2. The predicted molar refractivity (Wildman–Crippen MR) is 34.0 cm³/mol. The summed E-state index contributed by atoms with van der Waals surface area (Å²) in [5.74, 6) is -0.280. The Hall–Kier alpha value is 0.700. The van der Waals surface area contributed by atoms with E-state index < -0.39 is 16.1 Å². The highest BCUT2D eigenvalue weighted by Gasteiger charge is 2.35. The van der Waals surface area contributed by atoms with Crippen LogP contribution in [0.5, 0.6) is 0 Å². The summed E-state index contributed by atoms with van der Waals surface area (Å²) in [6.07, 6.45) is 0. The number of hydrogen-bond acceptors (Lipinski definition) is 4. The summed E-state index contributed by atoms with van der Waals surface area (Å²) in [6.45, 7) is 0. The van der Waals surface area contributed by atoms with E-state index in [0.29, 0.717) is 0 Å². The van der Waals surface area contributed by atoms with E-state index in [1.165, 1.54) is 0 Å². The standard InChI is InChI=1S/CH2Cl2O4P2/c2-6-8(4)1-9(5)7-3/h1H2/q+2. The first kappa shape index (κ1) is 9.70. The monoisotopic (exact) mass is 210 g/mol. The van der Waals surface area contributed by atoms with Crippen LogP contribution in [0.15, 0.2) is 0 Å². The molecule has 0 saturated heterocycles. The highest BCUT2D eigenvalue weighted by Crippen LogP contribution is 2.38. The summed E-state index contributed by atoms with van der Waals surface area (Å²) in [5, 5.41) is 0. The van der Waals surface area contributed by atoms with Crippen LogP contribution in [-0.4, -0.2) is 5.90 Å². The zero-order valence-corrected chi connectivity index (χ0v) is 7.29. The topological polar surface area (TPSA) is 52.6 Å². The Labute approximate surface area is 63.5 Å². The van der Waals surface area contributed by atoms with Gasteiger partial charge in [0.2, 0.25) is 0 Å². The van der Waals surface area contributed by atoms with Crippen LogP contribution in [0.25, 0.3) is 0 Å². The van der Waals surface area contributed by atoms with Crippen LogP contribution in [0.1, 0.15) is 0 Å². The lowest BCUT2D eigenvalue weighted by Gasteiger charge is -1.65. The number of halogens is 2. The van der Waals surface area contributed by atoms with Crippen molar-refractivity contribution in [2.24, 2.45) is 0 Å². The summed E-state index contributed by atoms with van der Waals surface area (Å²) in [4.78, 5) is 0. The van der Waals surface area contributed by atoms with E-state index in [9.17, 15) is 9.13 Å². The van der Waals surface area contributed by atoms with Crippen molar-refractivity contribution in [2.45, 2.75) is 0 Å². The summed E-state index contributed by atoms with van der Waals surface area (Å²) >= 11 is 9.28. The van der Waals surface area contributed by atoms with E-state index in [-0.39, 0.29) is 5.90 Å². The maximum absolute atomic E-state index is 10.3. The van der Waals surface area contributed by atoms with Crippen LogP contribution < -0.4 is 0 Å². The normalized spacial score (nSPS) is 13.1. The lowest BCUT2D eigenvalue weighted by molar-refractivity contribution is 0.517. The summed E-state index contributed by atoms with van der Waals surface area (Å²) in [7, 11) is -4.20. The van der Waals surface area contributed by atoms with Crippen molar-refractivity contribution in [1.82, 2.24) is 0 Å². The van der Waals surface area contributed by atoms with Gasteiger partial charge >= 0.3 is 22.0 Å². The van der Waals surface area contributed by atoms with Gasteiger partial charge < -0.3 is 0 Å². The fourth-order valence-corrected chi connectivity index (χ4v) is 2.03. The third-order valence-electron chi connectivity index (χ3n) is 0.385. The molecule has 0 aromatic carbocycles. The van der Waals surface area contributed by atoms with Gasteiger partial charge in [0.15, 0.2) is 0 Å². The molecule has 0 spiro atoms. The molecule has 0 aromatic rings. The van der Waals surface area contributed by atoms with Gasteiger partial charge in [-0.3, -0.25) is 0 Å². The first-order valence-electron chi connectivity index (χ1n) is 1.67. The van der Waals surface area contributed by atoms with Gasteiger partial charge in [-0.1, -0.05) is 0 Å². The fourth-order valence-electron chi connectivity index (χ4n) is 0.138. The van der Waals surface area contributed by atoms with Crippen molar-refractivity contribution in [3.8, 4) is 0 Å². The van der Waals surface area contributed by atoms with Gasteiger partial charge in [0.25, 0.3) is 0 Å². The molecule has 0 rings (SSSR count). The van der Waals surface area contributed by atoms with Gasteiger partial charge in [-0.05, 0) is 17.3 Å². The Kier molecular flexibility index (Phi) is 5.91. The van der Waals surface area contributed by atoms with Crippen LogP contribution in [0.4, 0.5) is 0 Å². The first-order valence-corrected chi connectivity index (χ1v) is 5.01. The molecule has 9 heavy (non-hydrogen) atoms. The molecule has 0 heterocycles. The summed E-state index contributed by atoms with van der Waals surface area (Å²) in [6, 6.07) is 0. The third-order valence-corrected chi connectivity index (χ3v) is 3.46. The smallest absolute Gasteiger partial charge is 0.0276 e. The molecule has 0 saturated carbocycles. The van der Waals surface area contributed by atoms with Crippen molar-refractivity contribution >= 4 is 39.8 Å². The molecular weight excluding hydrogens is 209 g/mol. The fraction of sp³-hybridized carbons (Fsp3) is 1.00.